The molecule has 1 aromatic rings. The number of methoxy groups -OCH3 is 1. The Morgan fingerprint density at radius 1 is 1.75 bits per heavy atom. The molecular formula is C10H17N3O3. The van der Waals surface area contributed by atoms with Gasteiger partial charge in [-0.3, -0.25) is 4.79 Å². The molecule has 1 heterocycles. The van der Waals surface area contributed by atoms with Crippen LogP contribution in [0.4, 0.5) is 0 Å². The molecule has 0 aliphatic carbocycles. The van der Waals surface area contributed by atoms with E-state index in [4.69, 9.17) is 10.5 Å². The van der Waals surface area contributed by atoms with Crippen molar-refractivity contribution in [3.8, 4) is 0 Å². The minimum atomic E-state index is -0.498. The summed E-state index contributed by atoms with van der Waals surface area (Å²) in [6.07, 6.45) is 2.84. The second-order valence-corrected chi connectivity index (χ2v) is 3.45. The lowest BCUT2D eigenvalue weighted by atomic mass is 10.1. The molecule has 16 heavy (non-hydrogen) atoms. The standard InChI is InChI=1S/C10H17N3O3/c1-15-5-2-3-9(11)10(14)12-7-8-4-6-16-13-8/h4,6,9H,2-3,5,7,11H2,1H3,(H,12,14). The van der Waals surface area contributed by atoms with Crippen molar-refractivity contribution in [3.05, 3.63) is 18.0 Å². The van der Waals surface area contributed by atoms with Crippen molar-refractivity contribution in [3.63, 3.8) is 0 Å². The quantitative estimate of drug-likeness (QED) is 0.642. The summed E-state index contributed by atoms with van der Waals surface area (Å²) in [6, 6.07) is 1.19. The molecule has 90 valence electrons. The SMILES string of the molecule is COCCCC(N)C(=O)NCc1ccon1. The first-order chi connectivity index (χ1) is 7.74. The predicted octanol–water partition coefficient (Wildman–Crippen LogP) is 0.0447. The molecular weight excluding hydrogens is 210 g/mol. The van der Waals surface area contributed by atoms with Crippen LogP contribution < -0.4 is 11.1 Å². The number of carbonyl (C=O) groups excluding carboxylic acids is 1. The second kappa shape index (κ2) is 6.97. The first-order valence-electron chi connectivity index (χ1n) is 5.15. The van der Waals surface area contributed by atoms with Crippen molar-refractivity contribution in [1.29, 1.82) is 0 Å². The van der Waals surface area contributed by atoms with Gasteiger partial charge < -0.3 is 20.3 Å². The molecule has 3 N–H and O–H groups in total. The van der Waals surface area contributed by atoms with Crippen LogP contribution in [0.15, 0.2) is 16.9 Å². The number of rotatable bonds is 7. The van der Waals surface area contributed by atoms with Gasteiger partial charge in [0, 0.05) is 19.8 Å². The number of carbonyl (C=O) groups is 1. The zero-order valence-corrected chi connectivity index (χ0v) is 9.31. The normalized spacial score (nSPS) is 12.4. The highest BCUT2D eigenvalue weighted by molar-refractivity contribution is 5.81. The maximum atomic E-state index is 11.5. The molecule has 1 rings (SSSR count). The third kappa shape index (κ3) is 4.41. The van der Waals surface area contributed by atoms with E-state index in [1.54, 1.807) is 13.2 Å². The summed E-state index contributed by atoms with van der Waals surface area (Å²) in [4.78, 5) is 11.5. The Bertz CT molecular complexity index is 300. The van der Waals surface area contributed by atoms with E-state index in [-0.39, 0.29) is 5.91 Å². The smallest absolute Gasteiger partial charge is 0.237 e. The van der Waals surface area contributed by atoms with Crippen molar-refractivity contribution in [2.45, 2.75) is 25.4 Å². The Morgan fingerprint density at radius 2 is 2.56 bits per heavy atom. The van der Waals surface area contributed by atoms with E-state index in [0.717, 1.165) is 6.42 Å². The highest BCUT2D eigenvalue weighted by Gasteiger charge is 2.12. The fourth-order valence-corrected chi connectivity index (χ4v) is 1.22. The lowest BCUT2D eigenvalue weighted by Crippen LogP contribution is -2.40. The first-order valence-corrected chi connectivity index (χ1v) is 5.15. The summed E-state index contributed by atoms with van der Waals surface area (Å²) in [7, 11) is 1.62. The van der Waals surface area contributed by atoms with Crippen LogP contribution in [-0.4, -0.2) is 30.8 Å². The summed E-state index contributed by atoms with van der Waals surface area (Å²) < 4.78 is 9.52. The van der Waals surface area contributed by atoms with Crippen LogP contribution in [0.5, 0.6) is 0 Å². The number of ether oxygens (including phenoxy) is 1. The molecule has 1 amide bonds. The fourth-order valence-electron chi connectivity index (χ4n) is 1.22. The van der Waals surface area contributed by atoms with Gasteiger partial charge in [0.05, 0.1) is 12.6 Å². The van der Waals surface area contributed by atoms with Gasteiger partial charge in [-0.1, -0.05) is 5.16 Å². The highest BCUT2D eigenvalue weighted by atomic mass is 16.5. The Hall–Kier alpha value is -1.40. The van der Waals surface area contributed by atoms with Crippen molar-refractivity contribution in [2.24, 2.45) is 5.73 Å². The first kappa shape index (κ1) is 12.7. The summed E-state index contributed by atoms with van der Waals surface area (Å²) in [6.45, 7) is 0.956. The molecule has 0 fully saturated rings. The van der Waals surface area contributed by atoms with Gasteiger partial charge in [-0.15, -0.1) is 0 Å². The minimum Gasteiger partial charge on any atom is -0.385 e. The Balaban J connectivity index is 2.18. The third-order valence-electron chi connectivity index (χ3n) is 2.14. The van der Waals surface area contributed by atoms with E-state index in [1.165, 1.54) is 6.26 Å². The summed E-state index contributed by atoms with van der Waals surface area (Å²) in [5.74, 6) is -0.181. The lowest BCUT2D eigenvalue weighted by molar-refractivity contribution is -0.122. The average Bonchev–Trinajstić information content (AvgIpc) is 2.79. The van der Waals surface area contributed by atoms with Crippen LogP contribution >= 0.6 is 0 Å². The molecule has 0 aliphatic rings. The fraction of sp³-hybridized carbons (Fsp3) is 0.600. The van der Waals surface area contributed by atoms with Crippen LogP contribution in [0.3, 0.4) is 0 Å². The molecule has 0 saturated heterocycles. The monoisotopic (exact) mass is 227 g/mol. The molecule has 0 aliphatic heterocycles. The Kier molecular flexibility index (Phi) is 5.52. The molecule has 0 bridgehead atoms. The van der Waals surface area contributed by atoms with Crippen LogP contribution in [-0.2, 0) is 16.1 Å². The topological polar surface area (TPSA) is 90.4 Å². The molecule has 1 aromatic heterocycles. The number of aromatic nitrogens is 1. The van der Waals surface area contributed by atoms with E-state index >= 15 is 0 Å². The molecule has 0 saturated carbocycles. The summed E-state index contributed by atoms with van der Waals surface area (Å²) >= 11 is 0. The van der Waals surface area contributed by atoms with Gasteiger partial charge in [0.1, 0.15) is 12.0 Å². The van der Waals surface area contributed by atoms with Gasteiger partial charge in [0.15, 0.2) is 0 Å². The van der Waals surface area contributed by atoms with Crippen LogP contribution in [0, 0.1) is 0 Å². The van der Waals surface area contributed by atoms with Crippen molar-refractivity contribution < 1.29 is 14.1 Å². The van der Waals surface area contributed by atoms with Gasteiger partial charge >= 0.3 is 0 Å². The van der Waals surface area contributed by atoms with E-state index < -0.39 is 6.04 Å². The van der Waals surface area contributed by atoms with E-state index in [0.29, 0.717) is 25.3 Å². The summed E-state index contributed by atoms with van der Waals surface area (Å²) in [5, 5.41) is 6.36. The maximum absolute atomic E-state index is 11.5. The number of nitrogens with two attached hydrogens (primary N) is 1. The average molecular weight is 227 g/mol. The molecule has 1 unspecified atom stereocenters. The van der Waals surface area contributed by atoms with E-state index in [9.17, 15) is 4.79 Å². The largest absolute Gasteiger partial charge is 0.385 e. The van der Waals surface area contributed by atoms with Crippen LogP contribution in [0.2, 0.25) is 0 Å². The summed E-state index contributed by atoms with van der Waals surface area (Å²) in [5.41, 5.74) is 6.36. The second-order valence-electron chi connectivity index (χ2n) is 3.45. The van der Waals surface area contributed by atoms with E-state index in [2.05, 4.69) is 15.0 Å². The number of hydrogen-bond acceptors (Lipinski definition) is 5. The number of amides is 1. The highest BCUT2D eigenvalue weighted by Crippen LogP contribution is 1.97. The number of nitrogens with one attached hydrogen (secondary N) is 1. The van der Waals surface area contributed by atoms with Gasteiger partial charge in [-0.05, 0) is 12.8 Å². The van der Waals surface area contributed by atoms with Gasteiger partial charge in [-0.25, -0.2) is 0 Å². The maximum Gasteiger partial charge on any atom is 0.237 e. The van der Waals surface area contributed by atoms with Gasteiger partial charge in [0.25, 0.3) is 0 Å². The van der Waals surface area contributed by atoms with Crippen LogP contribution in [0.1, 0.15) is 18.5 Å². The molecule has 0 aromatic carbocycles. The van der Waals surface area contributed by atoms with Crippen molar-refractivity contribution in [2.75, 3.05) is 13.7 Å². The predicted molar refractivity (Wildman–Crippen MR) is 57.4 cm³/mol. The molecule has 1 atom stereocenters. The minimum absolute atomic E-state index is 0.181. The van der Waals surface area contributed by atoms with Gasteiger partial charge in [-0.2, -0.15) is 0 Å². The van der Waals surface area contributed by atoms with Crippen molar-refractivity contribution in [1.82, 2.24) is 10.5 Å². The van der Waals surface area contributed by atoms with E-state index in [1.807, 2.05) is 0 Å². The Morgan fingerprint density at radius 3 is 3.19 bits per heavy atom. The molecule has 0 radical (unpaired) electrons. The Labute approximate surface area is 94.1 Å². The third-order valence-corrected chi connectivity index (χ3v) is 2.14. The number of hydrogen-bond donors (Lipinski definition) is 2. The van der Waals surface area contributed by atoms with Gasteiger partial charge in [0.2, 0.25) is 5.91 Å². The molecule has 0 spiro atoms. The zero-order valence-electron chi connectivity index (χ0n) is 9.31. The zero-order chi connectivity index (χ0) is 11.8. The van der Waals surface area contributed by atoms with Crippen molar-refractivity contribution >= 4 is 5.91 Å². The molecule has 6 heteroatoms. The number of nitrogens with zero attached hydrogens (tertiary/aromatic N) is 1. The molecule has 6 nitrogen and oxygen atoms in total. The van der Waals surface area contributed by atoms with Crippen LogP contribution in [0.25, 0.3) is 0 Å². The lowest BCUT2D eigenvalue weighted by Gasteiger charge is -2.10.